The van der Waals surface area contributed by atoms with E-state index in [1.54, 1.807) is 24.5 Å². The Kier molecular flexibility index (Phi) is 5.49. The summed E-state index contributed by atoms with van der Waals surface area (Å²) in [6.45, 7) is 2.38. The molecule has 1 atom stereocenters. The number of aliphatic carboxylic acids is 1. The molecule has 0 aliphatic carbocycles. The van der Waals surface area contributed by atoms with Gasteiger partial charge in [0.2, 0.25) is 5.91 Å². The van der Waals surface area contributed by atoms with Crippen molar-refractivity contribution in [3.05, 3.63) is 28.0 Å². The van der Waals surface area contributed by atoms with E-state index in [-0.39, 0.29) is 11.9 Å². The second-order valence-electron chi connectivity index (χ2n) is 4.69. The number of hydrogen-bond donors (Lipinski definition) is 2. The Morgan fingerprint density at radius 2 is 2.43 bits per heavy atom. The van der Waals surface area contributed by atoms with Gasteiger partial charge in [-0.15, -0.1) is 11.3 Å². The standard InChI is InChI=1S/C14H18N2O4S/c1-15-14(19)12-8-20-5-4-16(12)7-11-6-10(9-21-11)2-3-13(17)18/h2-3,6,9,12H,4-5,7-8H2,1H3,(H,15,19)(H,17,18)/b3-2+. The van der Waals surface area contributed by atoms with Crippen molar-refractivity contribution < 1.29 is 19.4 Å². The minimum atomic E-state index is -0.962. The van der Waals surface area contributed by atoms with Crippen molar-refractivity contribution in [3.8, 4) is 0 Å². The summed E-state index contributed by atoms with van der Waals surface area (Å²) in [5.74, 6) is -1.01. The van der Waals surface area contributed by atoms with Gasteiger partial charge in [-0.05, 0) is 23.1 Å². The Balaban J connectivity index is 2.02. The predicted octanol–water partition coefficient (Wildman–Crippen LogP) is 0.793. The molecule has 0 spiro atoms. The molecule has 1 aliphatic heterocycles. The average molecular weight is 310 g/mol. The molecular formula is C14H18N2O4S. The number of nitrogens with zero attached hydrogens (tertiary/aromatic N) is 1. The number of amides is 1. The monoisotopic (exact) mass is 310 g/mol. The first-order chi connectivity index (χ1) is 10.1. The number of ether oxygens (including phenoxy) is 1. The highest BCUT2D eigenvalue weighted by Gasteiger charge is 2.28. The molecule has 0 bridgehead atoms. The number of carbonyl (C=O) groups is 2. The van der Waals surface area contributed by atoms with Gasteiger partial charge in [-0.3, -0.25) is 9.69 Å². The summed E-state index contributed by atoms with van der Waals surface area (Å²) in [7, 11) is 1.62. The van der Waals surface area contributed by atoms with Crippen LogP contribution in [-0.2, 0) is 20.9 Å². The predicted molar refractivity (Wildman–Crippen MR) is 80.1 cm³/mol. The number of likely N-dealkylation sites (N-methyl/N-ethyl adjacent to an activating group) is 1. The van der Waals surface area contributed by atoms with Crippen LogP contribution in [0.1, 0.15) is 10.4 Å². The Morgan fingerprint density at radius 1 is 1.62 bits per heavy atom. The highest BCUT2D eigenvalue weighted by molar-refractivity contribution is 7.10. The molecule has 1 unspecified atom stereocenters. The van der Waals surface area contributed by atoms with Gasteiger partial charge in [-0.2, -0.15) is 0 Å². The third kappa shape index (κ3) is 4.38. The van der Waals surface area contributed by atoms with Crippen molar-refractivity contribution >= 4 is 29.3 Å². The smallest absolute Gasteiger partial charge is 0.328 e. The van der Waals surface area contributed by atoms with Gasteiger partial charge in [0, 0.05) is 31.1 Å². The first kappa shape index (κ1) is 15.7. The number of carboxylic acid groups (broad SMARTS) is 1. The van der Waals surface area contributed by atoms with Crippen molar-refractivity contribution in [3.63, 3.8) is 0 Å². The van der Waals surface area contributed by atoms with Crippen LogP contribution >= 0.6 is 11.3 Å². The fourth-order valence-corrected chi connectivity index (χ4v) is 3.05. The van der Waals surface area contributed by atoms with E-state index in [0.717, 1.165) is 16.5 Å². The van der Waals surface area contributed by atoms with Crippen LogP contribution < -0.4 is 5.32 Å². The van der Waals surface area contributed by atoms with Crippen molar-refractivity contribution in [2.45, 2.75) is 12.6 Å². The molecule has 1 aliphatic rings. The minimum absolute atomic E-state index is 0.0442. The van der Waals surface area contributed by atoms with Crippen LogP contribution in [0.2, 0.25) is 0 Å². The molecule has 0 saturated carbocycles. The molecule has 6 nitrogen and oxygen atoms in total. The van der Waals surface area contributed by atoms with Crippen LogP contribution in [0, 0.1) is 0 Å². The molecule has 114 valence electrons. The number of nitrogens with one attached hydrogen (secondary N) is 1. The first-order valence-corrected chi connectivity index (χ1v) is 7.50. The van der Waals surface area contributed by atoms with Crippen molar-refractivity contribution in [2.75, 3.05) is 26.8 Å². The summed E-state index contributed by atoms with van der Waals surface area (Å²) >= 11 is 1.56. The molecular weight excluding hydrogens is 292 g/mol. The third-order valence-electron chi connectivity index (χ3n) is 3.24. The molecule has 2 N–H and O–H groups in total. The molecule has 21 heavy (non-hydrogen) atoms. The SMILES string of the molecule is CNC(=O)C1COCCN1Cc1cc(/C=C/C(=O)O)cs1. The second-order valence-corrected chi connectivity index (χ2v) is 5.69. The zero-order valence-corrected chi connectivity index (χ0v) is 12.6. The zero-order chi connectivity index (χ0) is 15.2. The number of hydrogen-bond acceptors (Lipinski definition) is 5. The lowest BCUT2D eigenvalue weighted by molar-refractivity contribution is -0.132. The van der Waals surface area contributed by atoms with Crippen LogP contribution in [0.5, 0.6) is 0 Å². The van der Waals surface area contributed by atoms with Gasteiger partial charge in [-0.1, -0.05) is 0 Å². The second kappa shape index (κ2) is 7.35. The highest BCUT2D eigenvalue weighted by atomic mass is 32.1. The van der Waals surface area contributed by atoms with Crippen LogP contribution in [0.25, 0.3) is 6.08 Å². The van der Waals surface area contributed by atoms with E-state index in [4.69, 9.17) is 9.84 Å². The molecule has 7 heteroatoms. The molecule has 1 amide bonds. The Morgan fingerprint density at radius 3 is 3.14 bits per heavy atom. The molecule has 1 aromatic rings. The van der Waals surface area contributed by atoms with Crippen molar-refractivity contribution in [1.29, 1.82) is 0 Å². The summed E-state index contributed by atoms with van der Waals surface area (Å²) in [5.41, 5.74) is 0.863. The Hall–Kier alpha value is -1.70. The van der Waals surface area contributed by atoms with Crippen LogP contribution in [0.4, 0.5) is 0 Å². The number of rotatable bonds is 5. The van der Waals surface area contributed by atoms with Gasteiger partial charge >= 0.3 is 5.97 Å². The quantitative estimate of drug-likeness (QED) is 0.786. The van der Waals surface area contributed by atoms with Crippen molar-refractivity contribution in [2.24, 2.45) is 0 Å². The molecule has 0 aromatic carbocycles. The van der Waals surface area contributed by atoms with Crippen LogP contribution in [-0.4, -0.2) is 54.7 Å². The van der Waals surface area contributed by atoms with E-state index in [0.29, 0.717) is 26.3 Å². The highest BCUT2D eigenvalue weighted by Crippen LogP contribution is 2.20. The lowest BCUT2D eigenvalue weighted by atomic mass is 10.2. The summed E-state index contributed by atoms with van der Waals surface area (Å²) < 4.78 is 5.37. The number of thiophene rings is 1. The lowest BCUT2D eigenvalue weighted by Crippen LogP contribution is -2.52. The van der Waals surface area contributed by atoms with E-state index in [2.05, 4.69) is 10.2 Å². The Bertz CT molecular complexity index is 541. The molecule has 1 aromatic heterocycles. The van der Waals surface area contributed by atoms with Gasteiger partial charge in [0.15, 0.2) is 0 Å². The van der Waals surface area contributed by atoms with Gasteiger partial charge in [0.05, 0.1) is 13.2 Å². The minimum Gasteiger partial charge on any atom is -0.478 e. The number of carboxylic acids is 1. The van der Waals surface area contributed by atoms with Crippen LogP contribution in [0.3, 0.4) is 0 Å². The lowest BCUT2D eigenvalue weighted by Gasteiger charge is -2.33. The van der Waals surface area contributed by atoms with Crippen LogP contribution in [0.15, 0.2) is 17.5 Å². The molecule has 2 heterocycles. The fourth-order valence-electron chi connectivity index (χ4n) is 2.17. The summed E-state index contributed by atoms with van der Waals surface area (Å²) in [6.07, 6.45) is 2.69. The van der Waals surface area contributed by atoms with Crippen molar-refractivity contribution in [1.82, 2.24) is 10.2 Å². The van der Waals surface area contributed by atoms with E-state index in [1.165, 1.54) is 0 Å². The van der Waals surface area contributed by atoms with Gasteiger partial charge in [0.1, 0.15) is 6.04 Å². The zero-order valence-electron chi connectivity index (χ0n) is 11.7. The molecule has 0 radical (unpaired) electrons. The first-order valence-electron chi connectivity index (χ1n) is 6.62. The summed E-state index contributed by atoms with van der Waals surface area (Å²) in [5, 5.41) is 13.2. The molecule has 1 saturated heterocycles. The largest absolute Gasteiger partial charge is 0.478 e. The maximum Gasteiger partial charge on any atom is 0.328 e. The maximum atomic E-state index is 11.8. The Labute approximate surface area is 127 Å². The summed E-state index contributed by atoms with van der Waals surface area (Å²) in [6, 6.07) is 1.67. The van der Waals surface area contributed by atoms with Gasteiger partial charge < -0.3 is 15.2 Å². The van der Waals surface area contributed by atoms with Gasteiger partial charge in [0.25, 0.3) is 0 Å². The van der Waals surface area contributed by atoms with E-state index < -0.39 is 5.97 Å². The number of morpholine rings is 1. The normalized spacial score (nSPS) is 19.8. The van der Waals surface area contributed by atoms with E-state index >= 15 is 0 Å². The molecule has 2 rings (SSSR count). The average Bonchev–Trinajstić information content (AvgIpc) is 2.92. The fraction of sp³-hybridized carbons (Fsp3) is 0.429. The third-order valence-corrected chi connectivity index (χ3v) is 4.18. The maximum absolute atomic E-state index is 11.8. The summed E-state index contributed by atoms with van der Waals surface area (Å²) in [4.78, 5) is 25.5. The molecule has 1 fully saturated rings. The van der Waals surface area contributed by atoms with E-state index in [1.807, 2.05) is 11.4 Å². The topological polar surface area (TPSA) is 78.9 Å². The van der Waals surface area contributed by atoms with Gasteiger partial charge in [-0.25, -0.2) is 4.79 Å². The number of carbonyl (C=O) groups excluding carboxylic acids is 1. The van der Waals surface area contributed by atoms with E-state index in [9.17, 15) is 9.59 Å².